The summed E-state index contributed by atoms with van der Waals surface area (Å²) in [5, 5.41) is 3.66. The fourth-order valence-corrected chi connectivity index (χ4v) is 3.07. The molecule has 2 heterocycles. The summed E-state index contributed by atoms with van der Waals surface area (Å²) >= 11 is 0. The minimum Gasteiger partial charge on any atom is -0.378 e. The molecule has 0 amide bonds. The Morgan fingerprint density at radius 1 is 1.35 bits per heavy atom. The molecular formula is C14H28N2O. The van der Waals surface area contributed by atoms with E-state index in [1.165, 1.54) is 25.9 Å². The van der Waals surface area contributed by atoms with Gasteiger partial charge in [-0.25, -0.2) is 0 Å². The highest BCUT2D eigenvalue weighted by molar-refractivity contribution is 4.92. The smallest absolute Gasteiger partial charge is 0.0645 e. The SMILES string of the molecule is CC(C)N(CCC1NCCC1(C)C)C1COC1. The highest BCUT2D eigenvalue weighted by Crippen LogP contribution is 2.32. The molecule has 0 saturated carbocycles. The Bertz CT molecular complexity index is 249. The fraction of sp³-hybridized carbons (Fsp3) is 1.00. The van der Waals surface area contributed by atoms with Crippen LogP contribution in [0.15, 0.2) is 0 Å². The predicted molar refractivity (Wildman–Crippen MR) is 71.3 cm³/mol. The molecule has 2 saturated heterocycles. The van der Waals surface area contributed by atoms with Crippen LogP contribution in [0.5, 0.6) is 0 Å². The van der Waals surface area contributed by atoms with Crippen molar-refractivity contribution in [3.05, 3.63) is 0 Å². The third-order valence-corrected chi connectivity index (χ3v) is 4.53. The average molecular weight is 240 g/mol. The van der Waals surface area contributed by atoms with Crippen molar-refractivity contribution in [1.82, 2.24) is 10.2 Å². The average Bonchev–Trinajstić information content (AvgIpc) is 2.48. The van der Waals surface area contributed by atoms with Crippen molar-refractivity contribution in [3.63, 3.8) is 0 Å². The lowest BCUT2D eigenvalue weighted by Crippen LogP contribution is -2.53. The van der Waals surface area contributed by atoms with Crippen LogP contribution in [0.1, 0.15) is 40.5 Å². The lowest BCUT2D eigenvalue weighted by atomic mass is 9.83. The quantitative estimate of drug-likeness (QED) is 0.794. The van der Waals surface area contributed by atoms with E-state index >= 15 is 0 Å². The van der Waals surface area contributed by atoms with E-state index in [2.05, 4.69) is 37.9 Å². The third-order valence-electron chi connectivity index (χ3n) is 4.53. The molecule has 0 aromatic rings. The summed E-state index contributed by atoms with van der Waals surface area (Å²) in [6, 6.07) is 1.98. The van der Waals surface area contributed by atoms with Crippen molar-refractivity contribution in [1.29, 1.82) is 0 Å². The van der Waals surface area contributed by atoms with Gasteiger partial charge in [0.15, 0.2) is 0 Å². The largest absolute Gasteiger partial charge is 0.378 e. The zero-order valence-electron chi connectivity index (χ0n) is 11.8. The van der Waals surface area contributed by atoms with Crippen LogP contribution in [0.3, 0.4) is 0 Å². The highest BCUT2D eigenvalue weighted by atomic mass is 16.5. The predicted octanol–water partition coefficient (Wildman–Crippen LogP) is 1.87. The first kappa shape index (κ1) is 13.3. The first-order valence-corrected chi connectivity index (χ1v) is 7.07. The van der Waals surface area contributed by atoms with Gasteiger partial charge in [-0.2, -0.15) is 0 Å². The highest BCUT2D eigenvalue weighted by Gasteiger charge is 2.35. The van der Waals surface area contributed by atoms with Gasteiger partial charge in [-0.3, -0.25) is 4.90 Å². The van der Waals surface area contributed by atoms with Crippen LogP contribution in [0.25, 0.3) is 0 Å². The van der Waals surface area contributed by atoms with Gasteiger partial charge in [-0.1, -0.05) is 13.8 Å². The Balaban J connectivity index is 1.82. The van der Waals surface area contributed by atoms with Crippen LogP contribution in [-0.2, 0) is 4.74 Å². The molecule has 2 aliphatic heterocycles. The van der Waals surface area contributed by atoms with Gasteiger partial charge < -0.3 is 10.1 Å². The van der Waals surface area contributed by atoms with Crippen molar-refractivity contribution in [3.8, 4) is 0 Å². The van der Waals surface area contributed by atoms with E-state index in [1.807, 2.05) is 0 Å². The first-order valence-electron chi connectivity index (χ1n) is 7.07. The minimum atomic E-state index is 0.471. The van der Waals surface area contributed by atoms with E-state index in [1.54, 1.807) is 0 Å². The molecule has 1 atom stereocenters. The van der Waals surface area contributed by atoms with E-state index in [0.29, 0.717) is 23.5 Å². The van der Waals surface area contributed by atoms with Crippen LogP contribution in [0, 0.1) is 5.41 Å². The Hall–Kier alpha value is -0.120. The molecule has 0 radical (unpaired) electrons. The summed E-state index contributed by atoms with van der Waals surface area (Å²) in [4.78, 5) is 2.61. The molecule has 0 aliphatic carbocycles. The van der Waals surface area contributed by atoms with Gasteiger partial charge in [0.1, 0.15) is 0 Å². The molecule has 2 rings (SSSR count). The van der Waals surface area contributed by atoms with Crippen LogP contribution >= 0.6 is 0 Å². The van der Waals surface area contributed by atoms with Gasteiger partial charge in [-0.15, -0.1) is 0 Å². The number of ether oxygens (including phenoxy) is 1. The van der Waals surface area contributed by atoms with Crippen molar-refractivity contribution in [2.24, 2.45) is 5.41 Å². The fourth-order valence-electron chi connectivity index (χ4n) is 3.07. The van der Waals surface area contributed by atoms with Crippen molar-refractivity contribution in [2.45, 2.75) is 58.7 Å². The normalized spacial score (nSPS) is 28.9. The number of hydrogen-bond acceptors (Lipinski definition) is 3. The number of nitrogens with one attached hydrogen (secondary N) is 1. The Morgan fingerprint density at radius 3 is 2.47 bits per heavy atom. The lowest BCUT2D eigenvalue weighted by Gasteiger charge is -2.41. The molecule has 1 unspecified atom stereocenters. The standard InChI is InChI=1S/C14H28N2O/c1-11(2)16(12-9-17-10-12)8-5-13-14(3,4)6-7-15-13/h11-13,15H,5-10H2,1-4H3. The van der Waals surface area contributed by atoms with E-state index in [9.17, 15) is 0 Å². The Labute approximate surface area is 106 Å². The Morgan fingerprint density at radius 2 is 2.06 bits per heavy atom. The maximum absolute atomic E-state index is 5.32. The molecule has 17 heavy (non-hydrogen) atoms. The summed E-state index contributed by atoms with van der Waals surface area (Å²) in [6.45, 7) is 13.6. The molecule has 0 spiro atoms. The van der Waals surface area contributed by atoms with E-state index in [4.69, 9.17) is 4.74 Å². The van der Waals surface area contributed by atoms with Gasteiger partial charge in [0, 0.05) is 18.6 Å². The van der Waals surface area contributed by atoms with Gasteiger partial charge in [0.05, 0.1) is 19.3 Å². The summed E-state index contributed by atoms with van der Waals surface area (Å²) in [6.07, 6.45) is 2.58. The summed E-state index contributed by atoms with van der Waals surface area (Å²) in [5.74, 6) is 0. The van der Waals surface area contributed by atoms with Crippen LogP contribution in [-0.4, -0.2) is 49.3 Å². The molecule has 3 nitrogen and oxygen atoms in total. The monoisotopic (exact) mass is 240 g/mol. The second kappa shape index (κ2) is 5.25. The van der Waals surface area contributed by atoms with E-state index in [0.717, 1.165) is 13.2 Å². The number of nitrogens with zero attached hydrogens (tertiary/aromatic N) is 1. The van der Waals surface area contributed by atoms with Crippen molar-refractivity contribution in [2.75, 3.05) is 26.3 Å². The number of rotatable bonds is 5. The zero-order valence-corrected chi connectivity index (χ0v) is 11.8. The molecule has 2 aliphatic rings. The molecule has 1 N–H and O–H groups in total. The van der Waals surface area contributed by atoms with Gasteiger partial charge in [0.2, 0.25) is 0 Å². The van der Waals surface area contributed by atoms with Gasteiger partial charge in [0.25, 0.3) is 0 Å². The maximum atomic E-state index is 5.32. The van der Waals surface area contributed by atoms with Gasteiger partial charge in [-0.05, 0) is 38.6 Å². The third kappa shape index (κ3) is 3.01. The Kier molecular flexibility index (Phi) is 4.11. The molecule has 100 valence electrons. The topological polar surface area (TPSA) is 24.5 Å². The minimum absolute atomic E-state index is 0.471. The zero-order chi connectivity index (χ0) is 12.5. The maximum Gasteiger partial charge on any atom is 0.0645 e. The summed E-state index contributed by atoms with van der Waals surface area (Å²) in [7, 11) is 0. The summed E-state index contributed by atoms with van der Waals surface area (Å²) in [5.41, 5.74) is 0.471. The second-order valence-corrected chi connectivity index (χ2v) is 6.56. The van der Waals surface area contributed by atoms with Crippen molar-refractivity contribution >= 4 is 0 Å². The molecule has 3 heteroatoms. The lowest BCUT2D eigenvalue weighted by molar-refractivity contribution is -0.0763. The molecule has 2 fully saturated rings. The van der Waals surface area contributed by atoms with Gasteiger partial charge >= 0.3 is 0 Å². The molecule has 0 aromatic carbocycles. The summed E-state index contributed by atoms with van der Waals surface area (Å²) < 4.78 is 5.32. The van der Waals surface area contributed by atoms with Crippen LogP contribution in [0.4, 0.5) is 0 Å². The molecular weight excluding hydrogens is 212 g/mol. The first-order chi connectivity index (χ1) is 8.00. The number of hydrogen-bond donors (Lipinski definition) is 1. The molecule has 0 aromatic heterocycles. The second-order valence-electron chi connectivity index (χ2n) is 6.56. The van der Waals surface area contributed by atoms with Crippen molar-refractivity contribution < 1.29 is 4.74 Å². The molecule has 0 bridgehead atoms. The van der Waals surface area contributed by atoms with Crippen LogP contribution in [0.2, 0.25) is 0 Å². The van der Waals surface area contributed by atoms with Crippen LogP contribution < -0.4 is 5.32 Å². The van der Waals surface area contributed by atoms with E-state index in [-0.39, 0.29) is 0 Å². The van der Waals surface area contributed by atoms with E-state index < -0.39 is 0 Å².